The van der Waals surface area contributed by atoms with Gasteiger partial charge in [0, 0.05) is 6.42 Å². The number of ketones is 1. The van der Waals surface area contributed by atoms with Crippen molar-refractivity contribution in [2.45, 2.75) is 40.0 Å². The highest BCUT2D eigenvalue weighted by Crippen LogP contribution is 2.39. The molecule has 0 spiro atoms. The van der Waals surface area contributed by atoms with Gasteiger partial charge >= 0.3 is 0 Å². The van der Waals surface area contributed by atoms with E-state index in [9.17, 15) is 4.79 Å². The number of Topliss-reactive ketones (excluding diaryl/α,β-unsaturated/α-hetero) is 1. The smallest absolute Gasteiger partial charge is 0.141 e. The standard InChI is InChI=1S/C11H20O2S2/c1-8(2)9-4-5-11(3,7-13-15-14)10(12)6-9/h8-9,14H,4-7H2,1-3H3. The van der Waals surface area contributed by atoms with Crippen LogP contribution in [0.5, 0.6) is 0 Å². The van der Waals surface area contributed by atoms with Gasteiger partial charge in [0.2, 0.25) is 0 Å². The highest BCUT2D eigenvalue weighted by Gasteiger charge is 2.39. The maximum Gasteiger partial charge on any atom is 0.141 e. The van der Waals surface area contributed by atoms with Gasteiger partial charge in [0.1, 0.15) is 5.78 Å². The van der Waals surface area contributed by atoms with E-state index in [1.807, 2.05) is 6.92 Å². The molecule has 0 aromatic carbocycles. The summed E-state index contributed by atoms with van der Waals surface area (Å²) in [6.07, 6.45) is 2.80. The lowest BCUT2D eigenvalue weighted by Crippen LogP contribution is -2.39. The van der Waals surface area contributed by atoms with E-state index in [0.717, 1.165) is 30.3 Å². The summed E-state index contributed by atoms with van der Waals surface area (Å²) in [6.45, 7) is 6.89. The molecule has 1 aliphatic carbocycles. The molecule has 2 nitrogen and oxygen atoms in total. The summed E-state index contributed by atoms with van der Waals surface area (Å²) in [5.74, 6) is 1.53. The molecule has 1 rings (SSSR count). The summed E-state index contributed by atoms with van der Waals surface area (Å²) in [5, 5.41) is 0. The molecule has 0 N–H and O–H groups in total. The fourth-order valence-electron chi connectivity index (χ4n) is 2.11. The average molecular weight is 248 g/mol. The van der Waals surface area contributed by atoms with Gasteiger partial charge in [-0.25, -0.2) is 0 Å². The van der Waals surface area contributed by atoms with Crippen LogP contribution < -0.4 is 0 Å². The molecule has 0 aliphatic heterocycles. The summed E-state index contributed by atoms with van der Waals surface area (Å²) >= 11 is 4.97. The zero-order valence-corrected chi connectivity index (χ0v) is 11.4. The van der Waals surface area contributed by atoms with Crippen LogP contribution in [0.4, 0.5) is 0 Å². The third-order valence-electron chi connectivity index (χ3n) is 3.56. The predicted octanol–water partition coefficient (Wildman–Crippen LogP) is 3.53. The Kier molecular flexibility index (Phi) is 5.00. The first-order valence-electron chi connectivity index (χ1n) is 5.46. The molecule has 0 saturated heterocycles. The van der Waals surface area contributed by atoms with Crippen molar-refractivity contribution >= 4 is 28.5 Å². The van der Waals surface area contributed by atoms with Crippen LogP contribution in [0.1, 0.15) is 40.0 Å². The van der Waals surface area contributed by atoms with E-state index < -0.39 is 0 Å². The van der Waals surface area contributed by atoms with Crippen molar-refractivity contribution in [3.05, 3.63) is 0 Å². The van der Waals surface area contributed by atoms with E-state index in [2.05, 4.69) is 25.5 Å². The van der Waals surface area contributed by atoms with Crippen LogP contribution in [-0.4, -0.2) is 12.4 Å². The lowest BCUT2D eigenvalue weighted by atomic mass is 9.68. The second kappa shape index (κ2) is 5.60. The van der Waals surface area contributed by atoms with Crippen molar-refractivity contribution in [1.29, 1.82) is 0 Å². The van der Waals surface area contributed by atoms with Gasteiger partial charge in [0.25, 0.3) is 0 Å². The molecule has 2 unspecified atom stereocenters. The molecule has 88 valence electrons. The fourth-order valence-corrected chi connectivity index (χ4v) is 2.58. The normalized spacial score (nSPS) is 32.3. The van der Waals surface area contributed by atoms with Crippen molar-refractivity contribution in [3.63, 3.8) is 0 Å². The molecular weight excluding hydrogens is 228 g/mol. The maximum absolute atomic E-state index is 12.0. The maximum atomic E-state index is 12.0. The van der Waals surface area contributed by atoms with E-state index in [-0.39, 0.29) is 5.41 Å². The minimum absolute atomic E-state index is 0.277. The highest BCUT2D eigenvalue weighted by molar-refractivity contribution is 8.66. The molecule has 0 aromatic heterocycles. The van der Waals surface area contributed by atoms with Crippen LogP contribution in [0.3, 0.4) is 0 Å². The van der Waals surface area contributed by atoms with Gasteiger partial charge in [-0.15, -0.1) is 0 Å². The van der Waals surface area contributed by atoms with Gasteiger partial charge in [-0.05, 0) is 24.7 Å². The van der Waals surface area contributed by atoms with Gasteiger partial charge in [-0.2, -0.15) is 0 Å². The van der Waals surface area contributed by atoms with Gasteiger partial charge < -0.3 is 4.18 Å². The Morgan fingerprint density at radius 3 is 2.80 bits per heavy atom. The zero-order chi connectivity index (χ0) is 11.5. The second-order valence-electron chi connectivity index (χ2n) is 5.07. The minimum Gasteiger partial charge on any atom is -0.304 e. The number of carbonyl (C=O) groups excluding carboxylic acids is 1. The SMILES string of the molecule is CC(C)C1CCC(C)(COSS)C(=O)C1. The van der Waals surface area contributed by atoms with Crippen molar-refractivity contribution < 1.29 is 8.98 Å². The lowest BCUT2D eigenvalue weighted by molar-refractivity contribution is -0.134. The van der Waals surface area contributed by atoms with Gasteiger partial charge in [-0.3, -0.25) is 4.79 Å². The van der Waals surface area contributed by atoms with Crippen LogP contribution in [0, 0.1) is 17.3 Å². The topological polar surface area (TPSA) is 26.3 Å². The molecule has 4 heteroatoms. The Morgan fingerprint density at radius 1 is 1.67 bits per heavy atom. The van der Waals surface area contributed by atoms with Gasteiger partial charge in [-0.1, -0.05) is 32.4 Å². The summed E-state index contributed by atoms with van der Waals surface area (Å²) in [7, 11) is 0. The molecule has 1 saturated carbocycles. The number of rotatable bonds is 4. The Labute approximate surface area is 102 Å². The van der Waals surface area contributed by atoms with Crippen molar-refractivity contribution in [2.24, 2.45) is 17.3 Å². The van der Waals surface area contributed by atoms with E-state index in [0.29, 0.717) is 24.2 Å². The zero-order valence-electron chi connectivity index (χ0n) is 9.66. The molecule has 1 fully saturated rings. The Hall–Kier alpha value is 0.330. The first kappa shape index (κ1) is 13.4. The van der Waals surface area contributed by atoms with Crippen molar-refractivity contribution in [3.8, 4) is 0 Å². The van der Waals surface area contributed by atoms with Crippen LogP contribution in [0.2, 0.25) is 0 Å². The molecule has 0 radical (unpaired) electrons. The molecule has 15 heavy (non-hydrogen) atoms. The number of hydrogen-bond donors (Lipinski definition) is 1. The van der Waals surface area contributed by atoms with Crippen LogP contribution in [0.15, 0.2) is 0 Å². The van der Waals surface area contributed by atoms with Crippen LogP contribution >= 0.6 is 22.7 Å². The first-order chi connectivity index (χ1) is 6.99. The van der Waals surface area contributed by atoms with E-state index in [1.54, 1.807) is 0 Å². The minimum atomic E-state index is -0.277. The largest absolute Gasteiger partial charge is 0.304 e. The molecule has 2 atom stereocenters. The molecule has 0 bridgehead atoms. The van der Waals surface area contributed by atoms with E-state index >= 15 is 0 Å². The molecule has 1 aliphatic rings. The van der Waals surface area contributed by atoms with Gasteiger partial charge in [0.05, 0.1) is 23.1 Å². The van der Waals surface area contributed by atoms with Gasteiger partial charge in [0.15, 0.2) is 0 Å². The summed E-state index contributed by atoms with van der Waals surface area (Å²) in [6, 6.07) is 0. The summed E-state index contributed by atoms with van der Waals surface area (Å²) in [5.41, 5.74) is -0.277. The number of thiol groups is 1. The molecule has 0 aromatic rings. The third-order valence-corrected chi connectivity index (χ3v) is 4.10. The average Bonchev–Trinajstić information content (AvgIpc) is 2.19. The Morgan fingerprint density at radius 2 is 2.33 bits per heavy atom. The monoisotopic (exact) mass is 248 g/mol. The predicted molar refractivity (Wildman–Crippen MR) is 67.8 cm³/mol. The Bertz CT molecular complexity index is 231. The molecule has 0 amide bonds. The number of hydrogen-bond acceptors (Lipinski definition) is 4. The van der Waals surface area contributed by atoms with Crippen LogP contribution in [0.25, 0.3) is 0 Å². The third kappa shape index (κ3) is 3.40. The van der Waals surface area contributed by atoms with Crippen molar-refractivity contribution in [2.75, 3.05) is 6.61 Å². The summed E-state index contributed by atoms with van der Waals surface area (Å²) < 4.78 is 5.20. The highest BCUT2D eigenvalue weighted by atomic mass is 33.1. The summed E-state index contributed by atoms with van der Waals surface area (Å²) in [4.78, 5) is 12.0. The quantitative estimate of drug-likeness (QED) is 0.468. The second-order valence-corrected chi connectivity index (χ2v) is 5.90. The van der Waals surface area contributed by atoms with Crippen LogP contribution in [-0.2, 0) is 8.98 Å². The first-order valence-corrected chi connectivity index (χ1v) is 7.25. The molecule has 0 heterocycles. The Balaban J connectivity index is 2.54. The molecular formula is C11H20O2S2. The fraction of sp³-hybridized carbons (Fsp3) is 0.909. The lowest BCUT2D eigenvalue weighted by Gasteiger charge is -2.36. The van der Waals surface area contributed by atoms with E-state index in [1.165, 1.54) is 0 Å². The number of carbonyl (C=O) groups is 1. The van der Waals surface area contributed by atoms with E-state index in [4.69, 9.17) is 4.18 Å². The van der Waals surface area contributed by atoms with Crippen molar-refractivity contribution in [1.82, 2.24) is 0 Å².